The molecule has 2 rings (SSSR count). The zero-order valence-corrected chi connectivity index (χ0v) is 9.80. The average Bonchev–Trinajstić information content (AvgIpc) is 2.31. The van der Waals surface area contributed by atoms with Gasteiger partial charge in [-0.05, 0) is 0 Å². The van der Waals surface area contributed by atoms with Crippen LogP contribution >= 0.6 is 0 Å². The quantitative estimate of drug-likeness (QED) is 0.670. The van der Waals surface area contributed by atoms with E-state index in [2.05, 4.69) is 24.4 Å². The maximum atomic E-state index is 4.63. The Hall–Kier alpha value is -1.16. The van der Waals surface area contributed by atoms with E-state index in [9.17, 15) is 0 Å². The number of nitrogens with zero attached hydrogens (tertiary/aromatic N) is 1. The third-order valence-corrected chi connectivity index (χ3v) is 2.38. The molecule has 1 atom stereocenters. The second kappa shape index (κ2) is 6.43. The first-order valence-electron chi connectivity index (χ1n) is 5.17. The summed E-state index contributed by atoms with van der Waals surface area (Å²) in [7, 11) is 0. The van der Waals surface area contributed by atoms with Gasteiger partial charge in [-0.3, -0.25) is 0 Å². The van der Waals surface area contributed by atoms with E-state index in [0.717, 1.165) is 5.69 Å². The number of rotatable bonds is 3. The monoisotopic (exact) mass is 203 g/mol. The summed E-state index contributed by atoms with van der Waals surface area (Å²) >= 11 is 0. The summed E-state index contributed by atoms with van der Waals surface area (Å²) in [6.45, 7) is 2.11. The van der Waals surface area contributed by atoms with Crippen LogP contribution in [-0.4, -0.2) is 0 Å². The van der Waals surface area contributed by atoms with Gasteiger partial charge in [0.2, 0.25) is 0 Å². The van der Waals surface area contributed by atoms with Crippen LogP contribution in [0.15, 0.2) is 60.7 Å². The normalized spacial score (nSPS) is 11.3. The Balaban J connectivity index is 0.00000128. The molecule has 2 aromatic rings. The van der Waals surface area contributed by atoms with Gasteiger partial charge in [0.05, 0.1) is 0 Å². The molecule has 0 radical (unpaired) electrons. The van der Waals surface area contributed by atoms with Gasteiger partial charge in [0.25, 0.3) is 0 Å². The molecule has 0 saturated heterocycles. The topological polar surface area (TPSA) is 14.1 Å². The van der Waals surface area contributed by atoms with Crippen molar-refractivity contribution < 1.29 is 18.9 Å². The Bertz CT molecular complexity index is 400. The van der Waals surface area contributed by atoms with Crippen molar-refractivity contribution in [3.05, 3.63) is 71.5 Å². The Morgan fingerprint density at radius 3 is 1.88 bits per heavy atom. The first kappa shape index (κ1) is 12.9. The van der Waals surface area contributed by atoms with Crippen molar-refractivity contribution in [1.82, 2.24) is 0 Å². The van der Waals surface area contributed by atoms with Gasteiger partial charge >= 0.3 is 18.9 Å². The smallest absolute Gasteiger partial charge is 0.678 e. The summed E-state index contributed by atoms with van der Waals surface area (Å²) in [6, 6.07) is 20.6. The Labute approximate surface area is 109 Å². The fourth-order valence-corrected chi connectivity index (χ4v) is 1.54. The molecule has 1 nitrogen and oxygen atoms in total. The van der Waals surface area contributed by atoms with Crippen molar-refractivity contribution in [2.75, 3.05) is 0 Å². The molecule has 0 aliphatic rings. The first-order valence-corrected chi connectivity index (χ1v) is 5.17. The van der Waals surface area contributed by atoms with Gasteiger partial charge in [0, 0.05) is 0 Å². The average molecular weight is 203 g/mol. The molecule has 0 N–H and O–H groups in total. The van der Waals surface area contributed by atoms with E-state index in [1.165, 1.54) is 5.56 Å². The van der Waals surface area contributed by atoms with Crippen molar-refractivity contribution in [2.45, 2.75) is 13.0 Å². The minimum absolute atomic E-state index is 0. The molecule has 0 spiro atoms. The maximum Gasteiger partial charge on any atom is 1.00 e. The van der Waals surface area contributed by atoms with E-state index < -0.39 is 0 Å². The second-order valence-corrected chi connectivity index (χ2v) is 3.55. The van der Waals surface area contributed by atoms with Crippen LogP contribution < -0.4 is 18.9 Å². The molecular weight excluding hydrogens is 189 g/mol. The van der Waals surface area contributed by atoms with E-state index in [4.69, 9.17) is 0 Å². The summed E-state index contributed by atoms with van der Waals surface area (Å²) < 4.78 is 0. The summed E-state index contributed by atoms with van der Waals surface area (Å²) in [5.74, 6) is 0. The van der Waals surface area contributed by atoms with Gasteiger partial charge in [-0.15, -0.1) is 5.69 Å². The molecule has 76 valence electrons. The summed E-state index contributed by atoms with van der Waals surface area (Å²) in [5, 5.41) is 4.63. The van der Waals surface area contributed by atoms with Gasteiger partial charge in [0.1, 0.15) is 0 Å². The van der Waals surface area contributed by atoms with Crippen molar-refractivity contribution in [3.63, 3.8) is 0 Å². The van der Waals surface area contributed by atoms with Crippen LogP contribution in [0.1, 0.15) is 18.5 Å². The van der Waals surface area contributed by atoms with Crippen molar-refractivity contribution >= 4 is 5.69 Å². The summed E-state index contributed by atoms with van der Waals surface area (Å²) in [4.78, 5) is 0. The third-order valence-electron chi connectivity index (χ3n) is 2.38. The largest absolute Gasteiger partial charge is 1.00 e. The van der Waals surface area contributed by atoms with Crippen molar-refractivity contribution in [2.24, 2.45) is 0 Å². The first-order chi connectivity index (χ1) is 7.36. The molecule has 0 aromatic heterocycles. The van der Waals surface area contributed by atoms with E-state index in [1.54, 1.807) is 0 Å². The third kappa shape index (κ3) is 3.45. The fourth-order valence-electron chi connectivity index (χ4n) is 1.54. The predicted octanol–water partition coefficient (Wildman–Crippen LogP) is 1.46. The molecule has 2 aromatic carbocycles. The van der Waals surface area contributed by atoms with Crippen LogP contribution in [0.4, 0.5) is 5.69 Å². The minimum atomic E-state index is 0. The van der Waals surface area contributed by atoms with Gasteiger partial charge in [-0.2, -0.15) is 0 Å². The fraction of sp³-hybridized carbons (Fsp3) is 0.143. The molecule has 0 aliphatic carbocycles. The molecule has 0 saturated carbocycles. The molecule has 1 unspecified atom stereocenters. The Kier molecular flexibility index (Phi) is 5.18. The molecule has 0 bridgehead atoms. The maximum absolute atomic E-state index is 4.63. The molecule has 2 heteroatoms. The molecular formula is C14H14LiN. The van der Waals surface area contributed by atoms with Gasteiger partial charge in [-0.25, -0.2) is 0 Å². The van der Waals surface area contributed by atoms with E-state index in [0.29, 0.717) is 0 Å². The second-order valence-electron chi connectivity index (χ2n) is 3.55. The molecule has 0 heterocycles. The SMILES string of the molecule is CC([N-]c1ccccc1)c1ccccc1.[Li+]. The van der Waals surface area contributed by atoms with Gasteiger partial charge < -0.3 is 5.32 Å². The molecule has 0 aliphatic heterocycles. The van der Waals surface area contributed by atoms with E-state index >= 15 is 0 Å². The molecule has 16 heavy (non-hydrogen) atoms. The molecule has 0 fully saturated rings. The van der Waals surface area contributed by atoms with E-state index in [1.807, 2.05) is 48.5 Å². The zero-order valence-electron chi connectivity index (χ0n) is 9.80. The standard InChI is InChI=1S/C14H14N.Li/c1-12(13-8-4-2-5-9-13)15-14-10-6-3-7-11-14;/h2-12H,1H3;/q-1;+1. The number of hydrogen-bond donors (Lipinski definition) is 0. The van der Waals surface area contributed by atoms with E-state index in [-0.39, 0.29) is 24.9 Å². The number of benzene rings is 2. The minimum Gasteiger partial charge on any atom is -0.678 e. The summed E-state index contributed by atoms with van der Waals surface area (Å²) in [5.41, 5.74) is 2.29. The van der Waals surface area contributed by atoms with Crippen LogP contribution in [-0.2, 0) is 0 Å². The zero-order chi connectivity index (χ0) is 10.5. The number of para-hydroxylation sites is 1. The van der Waals surface area contributed by atoms with Gasteiger partial charge in [-0.1, -0.05) is 79.2 Å². The number of hydrogen-bond acceptors (Lipinski definition) is 0. The van der Waals surface area contributed by atoms with Crippen molar-refractivity contribution in [3.8, 4) is 0 Å². The summed E-state index contributed by atoms with van der Waals surface area (Å²) in [6.07, 6.45) is 0. The predicted molar refractivity (Wildman–Crippen MR) is 64.3 cm³/mol. The Morgan fingerprint density at radius 2 is 1.31 bits per heavy atom. The van der Waals surface area contributed by atoms with Gasteiger partial charge in [0.15, 0.2) is 0 Å². The van der Waals surface area contributed by atoms with Crippen LogP contribution in [0.2, 0.25) is 0 Å². The molecule has 0 amide bonds. The van der Waals surface area contributed by atoms with Crippen LogP contribution in [0, 0.1) is 0 Å². The van der Waals surface area contributed by atoms with Crippen LogP contribution in [0.25, 0.3) is 5.32 Å². The van der Waals surface area contributed by atoms with Crippen molar-refractivity contribution in [1.29, 1.82) is 0 Å². The van der Waals surface area contributed by atoms with Crippen LogP contribution in [0.3, 0.4) is 0 Å². The Morgan fingerprint density at radius 1 is 0.812 bits per heavy atom. The van der Waals surface area contributed by atoms with Crippen LogP contribution in [0.5, 0.6) is 0 Å².